The van der Waals surface area contributed by atoms with Gasteiger partial charge in [-0.1, -0.05) is 23.5 Å². The molecule has 0 atom stereocenters. The molecule has 0 unspecified atom stereocenters. The first kappa shape index (κ1) is 16.2. The summed E-state index contributed by atoms with van der Waals surface area (Å²) in [6.07, 6.45) is 0. The average Bonchev–Trinajstić information content (AvgIpc) is 2.89. The first-order chi connectivity index (χ1) is 11.5. The number of thiazole rings is 1. The molecule has 1 heterocycles. The van der Waals surface area contributed by atoms with Gasteiger partial charge in [0.1, 0.15) is 5.82 Å². The smallest absolute Gasteiger partial charge is 0.282 e. The van der Waals surface area contributed by atoms with Crippen LogP contribution in [0.25, 0.3) is 10.2 Å². The van der Waals surface area contributed by atoms with Gasteiger partial charge in [0.2, 0.25) is 0 Å². The van der Waals surface area contributed by atoms with Gasteiger partial charge in [0, 0.05) is 19.2 Å². The van der Waals surface area contributed by atoms with Crippen LogP contribution in [0.1, 0.15) is 10.4 Å². The first-order valence-electron chi connectivity index (χ1n) is 7.10. The van der Waals surface area contributed by atoms with Crippen molar-refractivity contribution in [3.63, 3.8) is 0 Å². The molecule has 0 saturated heterocycles. The number of methoxy groups -OCH3 is 2. The van der Waals surface area contributed by atoms with Crippen LogP contribution in [0, 0.1) is 5.82 Å². The third-order valence-corrected chi connectivity index (χ3v) is 4.71. The number of aryl methyl sites for hydroxylation is 1. The summed E-state index contributed by atoms with van der Waals surface area (Å²) >= 11 is 1.32. The number of hydrogen-bond donors (Lipinski definition) is 0. The van der Waals surface area contributed by atoms with Gasteiger partial charge < -0.3 is 14.0 Å². The molecule has 24 heavy (non-hydrogen) atoms. The van der Waals surface area contributed by atoms with Crippen molar-refractivity contribution < 1.29 is 18.7 Å². The Labute approximate surface area is 141 Å². The summed E-state index contributed by atoms with van der Waals surface area (Å²) in [5, 5.41) is 0. The van der Waals surface area contributed by atoms with Crippen molar-refractivity contribution in [1.82, 2.24) is 4.57 Å². The van der Waals surface area contributed by atoms with Gasteiger partial charge in [-0.15, -0.1) is 0 Å². The lowest BCUT2D eigenvalue weighted by Gasteiger charge is -2.07. The highest BCUT2D eigenvalue weighted by atomic mass is 32.1. The minimum Gasteiger partial charge on any atom is -0.493 e. The van der Waals surface area contributed by atoms with Crippen LogP contribution in [-0.4, -0.2) is 24.7 Å². The summed E-state index contributed by atoms with van der Waals surface area (Å²) in [4.78, 5) is 16.8. The molecule has 5 nitrogen and oxygen atoms in total. The zero-order chi connectivity index (χ0) is 17.3. The summed E-state index contributed by atoms with van der Waals surface area (Å²) < 4.78 is 27.0. The zero-order valence-corrected chi connectivity index (χ0v) is 14.2. The second-order valence-corrected chi connectivity index (χ2v) is 6.02. The Morgan fingerprint density at radius 3 is 2.50 bits per heavy atom. The number of ether oxygens (including phenoxy) is 2. The molecular formula is C17H15FN2O3S. The Bertz CT molecular complexity index is 991. The Balaban J connectivity index is 2.15. The maximum absolute atomic E-state index is 13.7. The number of amides is 1. The number of aromatic nitrogens is 1. The maximum Gasteiger partial charge on any atom is 0.282 e. The molecule has 0 bridgehead atoms. The Morgan fingerprint density at radius 2 is 1.83 bits per heavy atom. The number of nitrogens with zero attached hydrogens (tertiary/aromatic N) is 2. The normalized spacial score (nSPS) is 11.8. The topological polar surface area (TPSA) is 52.8 Å². The molecule has 0 aliphatic carbocycles. The summed E-state index contributed by atoms with van der Waals surface area (Å²) in [7, 11) is 4.91. The lowest BCUT2D eigenvalue weighted by atomic mass is 10.2. The minimum atomic E-state index is -0.616. The number of benzene rings is 2. The summed E-state index contributed by atoms with van der Waals surface area (Å²) in [5.74, 6) is -0.0169. The molecule has 3 rings (SSSR count). The molecule has 0 fully saturated rings. The Kier molecular flexibility index (Phi) is 4.35. The predicted molar refractivity (Wildman–Crippen MR) is 90.2 cm³/mol. The van der Waals surface area contributed by atoms with Crippen LogP contribution in [0.5, 0.6) is 11.5 Å². The van der Waals surface area contributed by atoms with E-state index < -0.39 is 11.7 Å². The lowest BCUT2D eigenvalue weighted by molar-refractivity contribution is 0.0994. The molecule has 0 aliphatic heterocycles. The van der Waals surface area contributed by atoms with Crippen molar-refractivity contribution in [3.8, 4) is 11.5 Å². The van der Waals surface area contributed by atoms with E-state index in [9.17, 15) is 9.18 Å². The van der Waals surface area contributed by atoms with Crippen LogP contribution >= 0.6 is 11.3 Å². The monoisotopic (exact) mass is 346 g/mol. The number of carbonyl (C=O) groups excluding carboxylic acids is 1. The van der Waals surface area contributed by atoms with E-state index in [4.69, 9.17) is 9.47 Å². The van der Waals surface area contributed by atoms with E-state index in [0.29, 0.717) is 16.3 Å². The van der Waals surface area contributed by atoms with Crippen LogP contribution in [0.2, 0.25) is 0 Å². The largest absolute Gasteiger partial charge is 0.493 e. The van der Waals surface area contributed by atoms with Gasteiger partial charge in [-0.25, -0.2) is 4.39 Å². The molecule has 0 N–H and O–H groups in total. The minimum absolute atomic E-state index is 0.0508. The molecule has 0 aliphatic rings. The van der Waals surface area contributed by atoms with E-state index in [1.807, 2.05) is 12.1 Å². The highest BCUT2D eigenvalue weighted by molar-refractivity contribution is 7.16. The second-order valence-electron chi connectivity index (χ2n) is 5.02. The number of rotatable bonds is 3. The number of halogens is 1. The first-order valence-corrected chi connectivity index (χ1v) is 7.92. The van der Waals surface area contributed by atoms with Crippen LogP contribution < -0.4 is 14.3 Å². The van der Waals surface area contributed by atoms with E-state index in [1.54, 1.807) is 31.9 Å². The van der Waals surface area contributed by atoms with E-state index in [1.165, 1.54) is 29.5 Å². The maximum atomic E-state index is 13.7. The molecule has 0 spiro atoms. The van der Waals surface area contributed by atoms with Crippen LogP contribution in [0.15, 0.2) is 41.4 Å². The molecule has 0 saturated carbocycles. The average molecular weight is 346 g/mol. The van der Waals surface area contributed by atoms with Crippen molar-refractivity contribution in [2.45, 2.75) is 0 Å². The third-order valence-electron chi connectivity index (χ3n) is 3.62. The molecule has 2 aromatic carbocycles. The van der Waals surface area contributed by atoms with Crippen molar-refractivity contribution in [2.75, 3.05) is 14.2 Å². The van der Waals surface area contributed by atoms with E-state index in [0.717, 1.165) is 10.2 Å². The molecule has 1 amide bonds. The number of carbonyl (C=O) groups is 1. The van der Waals surface area contributed by atoms with Crippen LogP contribution in [0.3, 0.4) is 0 Å². The fourth-order valence-electron chi connectivity index (χ4n) is 2.34. The standard InChI is InChI=1S/C17H15FN2O3S/c1-20-12-8-13(22-2)14(23-3)9-15(12)24-17(20)19-16(21)10-6-4-5-7-11(10)18/h4-9H,1-3H3. The highest BCUT2D eigenvalue weighted by Crippen LogP contribution is 2.33. The molecule has 1 aromatic heterocycles. The number of fused-ring (bicyclic) bond motifs is 1. The lowest BCUT2D eigenvalue weighted by Crippen LogP contribution is -2.13. The van der Waals surface area contributed by atoms with Gasteiger partial charge in [-0.3, -0.25) is 4.79 Å². The number of hydrogen-bond acceptors (Lipinski definition) is 4. The molecule has 7 heteroatoms. The summed E-state index contributed by atoms with van der Waals surface area (Å²) in [6.45, 7) is 0. The molecule has 3 aromatic rings. The fourth-order valence-corrected chi connectivity index (χ4v) is 3.37. The van der Waals surface area contributed by atoms with E-state index >= 15 is 0 Å². The van der Waals surface area contributed by atoms with Gasteiger partial charge in [0.15, 0.2) is 16.3 Å². The molecular weight excluding hydrogens is 331 g/mol. The quantitative estimate of drug-likeness (QED) is 0.732. The van der Waals surface area contributed by atoms with Crippen molar-refractivity contribution in [3.05, 3.63) is 52.6 Å². The SMILES string of the molecule is COc1cc2sc(=NC(=O)c3ccccc3F)n(C)c2cc1OC. The fraction of sp³-hybridized carbons (Fsp3) is 0.176. The van der Waals surface area contributed by atoms with Gasteiger partial charge in [0.05, 0.1) is 30.0 Å². The molecule has 124 valence electrons. The van der Waals surface area contributed by atoms with Gasteiger partial charge >= 0.3 is 0 Å². The molecule has 0 radical (unpaired) electrons. The van der Waals surface area contributed by atoms with Crippen molar-refractivity contribution in [2.24, 2.45) is 12.0 Å². The Hall–Kier alpha value is -2.67. The third kappa shape index (κ3) is 2.78. The highest BCUT2D eigenvalue weighted by Gasteiger charge is 2.13. The van der Waals surface area contributed by atoms with Gasteiger partial charge in [-0.2, -0.15) is 4.99 Å². The predicted octanol–water partition coefficient (Wildman–Crippen LogP) is 3.14. The van der Waals surface area contributed by atoms with Crippen molar-refractivity contribution >= 4 is 27.5 Å². The van der Waals surface area contributed by atoms with E-state index in [2.05, 4.69) is 4.99 Å². The van der Waals surface area contributed by atoms with Gasteiger partial charge in [0.25, 0.3) is 5.91 Å². The van der Waals surface area contributed by atoms with Crippen molar-refractivity contribution in [1.29, 1.82) is 0 Å². The van der Waals surface area contributed by atoms with Gasteiger partial charge in [-0.05, 0) is 12.1 Å². The summed E-state index contributed by atoms with van der Waals surface area (Å²) in [5.41, 5.74) is 0.794. The zero-order valence-electron chi connectivity index (χ0n) is 13.4. The second kappa shape index (κ2) is 6.45. The van der Waals surface area contributed by atoms with Crippen LogP contribution in [-0.2, 0) is 7.05 Å². The summed E-state index contributed by atoms with van der Waals surface area (Å²) in [6, 6.07) is 9.43. The van der Waals surface area contributed by atoms with E-state index in [-0.39, 0.29) is 5.56 Å². The van der Waals surface area contributed by atoms with Crippen LogP contribution in [0.4, 0.5) is 4.39 Å². The Morgan fingerprint density at radius 1 is 1.17 bits per heavy atom.